The number of fused-ring (bicyclic) bond motifs is 1. The lowest BCUT2D eigenvalue weighted by Gasteiger charge is -2.21. The number of hydrogen-bond donors (Lipinski definition) is 2. The standard InChI is InChI=1S/C18H23FN4.2C2HF3O2/c1-21-7-15(6-20-21)9-23-12-16-10-22(11-17(16)13-23)8-14-3-2-4-18(19)5-14;2*3-2(4,5)1(6)7/h2-7,16-17H,8-13H2,1H3;2*(H,6,7). The molecule has 0 spiro atoms. The van der Waals surface area contributed by atoms with Gasteiger partial charge in [-0.3, -0.25) is 14.5 Å². The van der Waals surface area contributed by atoms with E-state index in [-0.39, 0.29) is 5.82 Å². The average Bonchev–Trinajstić information content (AvgIpc) is 3.42. The summed E-state index contributed by atoms with van der Waals surface area (Å²) in [6, 6.07) is 6.99. The van der Waals surface area contributed by atoms with Crippen LogP contribution in [0, 0.1) is 17.7 Å². The van der Waals surface area contributed by atoms with Gasteiger partial charge in [0.25, 0.3) is 0 Å². The summed E-state index contributed by atoms with van der Waals surface area (Å²) in [5.41, 5.74) is 2.38. The molecule has 206 valence electrons. The van der Waals surface area contributed by atoms with Crippen molar-refractivity contribution in [3.8, 4) is 0 Å². The second kappa shape index (κ2) is 12.4. The Morgan fingerprint density at radius 3 is 1.68 bits per heavy atom. The van der Waals surface area contributed by atoms with Crippen molar-refractivity contribution >= 4 is 11.9 Å². The van der Waals surface area contributed by atoms with Crippen LogP contribution in [-0.2, 0) is 29.7 Å². The molecule has 0 radical (unpaired) electrons. The molecule has 8 nitrogen and oxygen atoms in total. The van der Waals surface area contributed by atoms with E-state index in [9.17, 15) is 30.7 Å². The summed E-state index contributed by atoms with van der Waals surface area (Å²) in [6.07, 6.45) is -6.10. The van der Waals surface area contributed by atoms with E-state index in [2.05, 4.69) is 21.1 Å². The maximum absolute atomic E-state index is 13.3. The largest absolute Gasteiger partial charge is 0.490 e. The number of carboxylic acid groups (broad SMARTS) is 2. The monoisotopic (exact) mass is 542 g/mol. The summed E-state index contributed by atoms with van der Waals surface area (Å²) in [5, 5.41) is 18.5. The number of carboxylic acids is 2. The van der Waals surface area contributed by atoms with Gasteiger partial charge in [-0.15, -0.1) is 0 Å². The maximum atomic E-state index is 13.3. The molecule has 0 amide bonds. The zero-order valence-electron chi connectivity index (χ0n) is 19.5. The van der Waals surface area contributed by atoms with Crippen LogP contribution < -0.4 is 0 Å². The number of aromatic nitrogens is 2. The summed E-state index contributed by atoms with van der Waals surface area (Å²) in [4.78, 5) is 22.8. The number of halogens is 7. The van der Waals surface area contributed by atoms with Crippen molar-refractivity contribution in [3.05, 3.63) is 53.6 Å². The molecule has 2 N–H and O–H groups in total. The van der Waals surface area contributed by atoms with Crippen molar-refractivity contribution in [1.29, 1.82) is 0 Å². The van der Waals surface area contributed by atoms with E-state index in [0.717, 1.165) is 43.6 Å². The Morgan fingerprint density at radius 1 is 0.892 bits per heavy atom. The van der Waals surface area contributed by atoms with Gasteiger partial charge in [-0.1, -0.05) is 12.1 Å². The molecule has 0 aliphatic carbocycles. The maximum Gasteiger partial charge on any atom is 0.490 e. The van der Waals surface area contributed by atoms with Gasteiger partial charge in [-0.25, -0.2) is 14.0 Å². The van der Waals surface area contributed by atoms with Crippen molar-refractivity contribution in [2.75, 3.05) is 26.2 Å². The van der Waals surface area contributed by atoms with E-state index in [0.29, 0.717) is 0 Å². The Morgan fingerprint density at radius 2 is 1.32 bits per heavy atom. The van der Waals surface area contributed by atoms with Gasteiger partial charge < -0.3 is 10.2 Å². The van der Waals surface area contributed by atoms with Gasteiger partial charge in [0.2, 0.25) is 0 Å². The van der Waals surface area contributed by atoms with Gasteiger partial charge in [-0.05, 0) is 29.5 Å². The fourth-order valence-electron chi connectivity index (χ4n) is 4.15. The van der Waals surface area contributed by atoms with Crippen molar-refractivity contribution in [3.63, 3.8) is 0 Å². The first-order valence-electron chi connectivity index (χ1n) is 10.8. The lowest BCUT2D eigenvalue weighted by atomic mass is 10.0. The van der Waals surface area contributed by atoms with Crippen LogP contribution >= 0.6 is 0 Å². The molecule has 37 heavy (non-hydrogen) atoms. The van der Waals surface area contributed by atoms with Crippen LogP contribution in [0.25, 0.3) is 0 Å². The SMILES string of the molecule is Cn1cc(CN2CC3CN(Cc4cccc(F)c4)CC3C2)cn1.O=C(O)C(F)(F)F.O=C(O)C(F)(F)F. The van der Waals surface area contributed by atoms with E-state index < -0.39 is 24.3 Å². The number of rotatable bonds is 4. The molecule has 2 fully saturated rings. The Balaban J connectivity index is 0.000000286. The number of alkyl halides is 6. The highest BCUT2D eigenvalue weighted by molar-refractivity contribution is 5.73. The molecule has 15 heteroatoms. The van der Waals surface area contributed by atoms with Crippen LogP contribution in [0.4, 0.5) is 30.7 Å². The third-order valence-corrected chi connectivity index (χ3v) is 5.58. The van der Waals surface area contributed by atoms with Crippen molar-refractivity contribution < 1.29 is 50.5 Å². The highest BCUT2D eigenvalue weighted by Gasteiger charge is 2.40. The summed E-state index contributed by atoms with van der Waals surface area (Å²) in [5.74, 6) is -4.15. The highest BCUT2D eigenvalue weighted by Crippen LogP contribution is 2.32. The van der Waals surface area contributed by atoms with Crippen LogP contribution in [0.15, 0.2) is 36.7 Å². The summed E-state index contributed by atoms with van der Waals surface area (Å²) in [7, 11) is 1.96. The molecule has 0 bridgehead atoms. The second-order valence-electron chi connectivity index (χ2n) is 8.67. The molecule has 2 aromatic rings. The molecule has 2 saturated heterocycles. The van der Waals surface area contributed by atoms with E-state index in [1.54, 1.807) is 12.1 Å². The van der Waals surface area contributed by atoms with E-state index in [1.807, 2.05) is 24.0 Å². The van der Waals surface area contributed by atoms with E-state index >= 15 is 0 Å². The molecule has 0 saturated carbocycles. The number of carbonyl (C=O) groups is 2. The first-order chi connectivity index (χ1) is 17.0. The second-order valence-corrected chi connectivity index (χ2v) is 8.67. The lowest BCUT2D eigenvalue weighted by Crippen LogP contribution is -2.28. The molecule has 2 atom stereocenters. The lowest BCUT2D eigenvalue weighted by molar-refractivity contribution is -0.193. The van der Waals surface area contributed by atoms with Crippen LogP contribution in [0.3, 0.4) is 0 Å². The summed E-state index contributed by atoms with van der Waals surface area (Å²) in [6.45, 7) is 6.46. The van der Waals surface area contributed by atoms with Crippen LogP contribution in [0.2, 0.25) is 0 Å². The van der Waals surface area contributed by atoms with E-state index in [4.69, 9.17) is 19.8 Å². The minimum atomic E-state index is -5.08. The van der Waals surface area contributed by atoms with Gasteiger partial charge in [-0.2, -0.15) is 31.4 Å². The minimum absolute atomic E-state index is 0.135. The minimum Gasteiger partial charge on any atom is -0.475 e. The van der Waals surface area contributed by atoms with Crippen LogP contribution in [0.1, 0.15) is 11.1 Å². The summed E-state index contributed by atoms with van der Waals surface area (Å²) < 4.78 is 78.6. The third-order valence-electron chi connectivity index (χ3n) is 5.58. The smallest absolute Gasteiger partial charge is 0.475 e. The molecule has 4 rings (SSSR count). The summed E-state index contributed by atoms with van der Waals surface area (Å²) >= 11 is 0. The predicted molar refractivity (Wildman–Crippen MR) is 115 cm³/mol. The van der Waals surface area contributed by atoms with Crippen molar-refractivity contribution in [1.82, 2.24) is 19.6 Å². The Bertz CT molecular complexity index is 1020. The number of likely N-dealkylation sites (tertiary alicyclic amines) is 2. The Hall–Kier alpha value is -3.20. The van der Waals surface area contributed by atoms with Crippen molar-refractivity contribution in [2.45, 2.75) is 25.4 Å². The third kappa shape index (κ3) is 9.99. The topological polar surface area (TPSA) is 98.9 Å². The highest BCUT2D eigenvalue weighted by atomic mass is 19.4. The zero-order valence-corrected chi connectivity index (χ0v) is 19.5. The number of hydrogen-bond acceptors (Lipinski definition) is 5. The first-order valence-corrected chi connectivity index (χ1v) is 10.8. The number of aryl methyl sites for hydroxylation is 1. The number of nitrogens with zero attached hydrogens (tertiary/aromatic N) is 4. The molecule has 3 heterocycles. The molecule has 2 unspecified atom stereocenters. The normalized spacial score (nSPS) is 19.9. The molecule has 2 aliphatic rings. The fourth-order valence-corrected chi connectivity index (χ4v) is 4.15. The Kier molecular flexibility index (Phi) is 10.0. The van der Waals surface area contributed by atoms with Gasteiger partial charge in [0, 0.05) is 58.1 Å². The Labute approximate surface area is 206 Å². The fraction of sp³-hybridized carbons (Fsp3) is 0.500. The van der Waals surface area contributed by atoms with E-state index in [1.165, 1.54) is 24.7 Å². The molecular weight excluding hydrogens is 517 g/mol. The quantitative estimate of drug-likeness (QED) is 0.572. The molecular formula is C22H25F7N4O4. The van der Waals surface area contributed by atoms with Gasteiger partial charge in [0.05, 0.1) is 6.20 Å². The first kappa shape index (κ1) is 30.0. The predicted octanol–water partition coefficient (Wildman–Crippen LogP) is 3.39. The molecule has 2 aliphatic heterocycles. The van der Waals surface area contributed by atoms with Crippen LogP contribution in [-0.4, -0.2) is 80.3 Å². The van der Waals surface area contributed by atoms with Gasteiger partial charge in [0.15, 0.2) is 0 Å². The average molecular weight is 542 g/mol. The van der Waals surface area contributed by atoms with Gasteiger partial charge in [0.1, 0.15) is 5.82 Å². The molecule has 1 aromatic carbocycles. The number of benzene rings is 1. The zero-order chi connectivity index (χ0) is 28.0. The van der Waals surface area contributed by atoms with Crippen molar-refractivity contribution in [2.24, 2.45) is 18.9 Å². The number of aliphatic carboxylic acids is 2. The van der Waals surface area contributed by atoms with Crippen LogP contribution in [0.5, 0.6) is 0 Å². The van der Waals surface area contributed by atoms with Gasteiger partial charge >= 0.3 is 24.3 Å². The molecule has 1 aromatic heterocycles.